The van der Waals surface area contributed by atoms with Crippen LogP contribution in [-0.2, 0) is 13.0 Å². The van der Waals surface area contributed by atoms with Crippen molar-refractivity contribution in [3.63, 3.8) is 0 Å². The zero-order valence-electron chi connectivity index (χ0n) is 14.9. The molecule has 1 aliphatic heterocycles. The van der Waals surface area contributed by atoms with Gasteiger partial charge in [0.05, 0.1) is 5.69 Å². The maximum absolute atomic E-state index is 13.4. The molecule has 25 heavy (non-hydrogen) atoms. The number of likely N-dealkylation sites (tertiary alicyclic amines) is 1. The standard InChI is InChI=1S/C19H26F2N4/c1-13(2)8-16-9-17(24-23-16)12-25-7-3-4-15(11-25)22-14-5-6-18(20)19(21)10-14/h5-6,9-10,13,15,22H,3-4,7-8,11-12H2,1-2H3,(H,23,24)/t15-/m1/s1. The maximum atomic E-state index is 13.4. The molecule has 1 aromatic heterocycles. The van der Waals surface area contributed by atoms with E-state index in [0.717, 1.165) is 50.3 Å². The van der Waals surface area contributed by atoms with Crippen molar-refractivity contribution in [2.24, 2.45) is 5.92 Å². The van der Waals surface area contributed by atoms with Crippen LogP contribution in [0.25, 0.3) is 0 Å². The Balaban J connectivity index is 1.55. The Morgan fingerprint density at radius 2 is 2.12 bits per heavy atom. The first-order chi connectivity index (χ1) is 12.0. The van der Waals surface area contributed by atoms with E-state index in [4.69, 9.17) is 0 Å². The van der Waals surface area contributed by atoms with E-state index in [1.807, 2.05) is 0 Å². The SMILES string of the molecule is CC(C)Cc1cc(CN2CCC[C@@H](Nc3ccc(F)c(F)c3)C2)[nH]n1. The first kappa shape index (κ1) is 17.9. The number of halogens is 2. The lowest BCUT2D eigenvalue weighted by molar-refractivity contribution is 0.206. The molecule has 0 unspecified atom stereocenters. The molecular formula is C19H26F2N4. The summed E-state index contributed by atoms with van der Waals surface area (Å²) < 4.78 is 26.4. The zero-order chi connectivity index (χ0) is 17.8. The fourth-order valence-electron chi connectivity index (χ4n) is 3.39. The van der Waals surface area contributed by atoms with E-state index in [0.29, 0.717) is 11.6 Å². The zero-order valence-corrected chi connectivity index (χ0v) is 14.9. The summed E-state index contributed by atoms with van der Waals surface area (Å²) >= 11 is 0. The van der Waals surface area contributed by atoms with Gasteiger partial charge in [-0.1, -0.05) is 13.8 Å². The quantitative estimate of drug-likeness (QED) is 0.830. The molecule has 2 aromatic rings. The highest BCUT2D eigenvalue weighted by Crippen LogP contribution is 2.19. The number of hydrogen-bond donors (Lipinski definition) is 2. The van der Waals surface area contributed by atoms with Crippen LogP contribution in [0.5, 0.6) is 0 Å². The molecule has 0 amide bonds. The van der Waals surface area contributed by atoms with Crippen LogP contribution in [0.2, 0.25) is 0 Å². The van der Waals surface area contributed by atoms with Gasteiger partial charge in [0, 0.05) is 36.6 Å². The smallest absolute Gasteiger partial charge is 0.160 e. The first-order valence-electron chi connectivity index (χ1n) is 8.96. The number of hydrogen-bond acceptors (Lipinski definition) is 3. The molecule has 0 radical (unpaired) electrons. The van der Waals surface area contributed by atoms with Crippen LogP contribution in [0, 0.1) is 17.6 Å². The third-order valence-corrected chi connectivity index (χ3v) is 4.49. The van der Waals surface area contributed by atoms with Gasteiger partial charge in [0.25, 0.3) is 0 Å². The van der Waals surface area contributed by atoms with Gasteiger partial charge in [-0.15, -0.1) is 0 Å². The van der Waals surface area contributed by atoms with E-state index in [9.17, 15) is 8.78 Å². The Hall–Kier alpha value is -1.95. The van der Waals surface area contributed by atoms with Crippen LogP contribution in [0.1, 0.15) is 38.1 Å². The summed E-state index contributed by atoms with van der Waals surface area (Å²) in [5.74, 6) is -1.03. The van der Waals surface area contributed by atoms with Gasteiger partial charge in [-0.25, -0.2) is 8.78 Å². The van der Waals surface area contributed by atoms with Gasteiger partial charge in [-0.05, 0) is 49.9 Å². The highest BCUT2D eigenvalue weighted by molar-refractivity contribution is 5.44. The number of benzene rings is 1. The van der Waals surface area contributed by atoms with Crippen molar-refractivity contribution in [3.8, 4) is 0 Å². The fourth-order valence-corrected chi connectivity index (χ4v) is 3.39. The molecule has 1 aromatic carbocycles. The minimum absolute atomic E-state index is 0.233. The summed E-state index contributed by atoms with van der Waals surface area (Å²) in [6, 6.07) is 6.36. The van der Waals surface area contributed by atoms with Gasteiger partial charge in [0.15, 0.2) is 11.6 Å². The molecule has 2 N–H and O–H groups in total. The minimum Gasteiger partial charge on any atom is -0.381 e. The summed E-state index contributed by atoms with van der Waals surface area (Å²) in [7, 11) is 0. The Bertz CT molecular complexity index is 698. The molecule has 136 valence electrons. The van der Waals surface area contributed by atoms with Crippen LogP contribution >= 0.6 is 0 Å². The van der Waals surface area contributed by atoms with Crippen LogP contribution in [0.4, 0.5) is 14.5 Å². The molecule has 1 atom stereocenters. The molecule has 0 spiro atoms. The van der Waals surface area contributed by atoms with Crippen molar-refractivity contribution in [3.05, 3.63) is 47.3 Å². The van der Waals surface area contributed by atoms with E-state index in [1.54, 1.807) is 6.07 Å². The number of rotatable bonds is 6. The molecule has 2 heterocycles. The predicted molar refractivity (Wildman–Crippen MR) is 95.4 cm³/mol. The highest BCUT2D eigenvalue weighted by Gasteiger charge is 2.21. The van der Waals surface area contributed by atoms with Crippen LogP contribution in [-0.4, -0.2) is 34.2 Å². The minimum atomic E-state index is -0.813. The third kappa shape index (κ3) is 5.01. The molecule has 3 rings (SSSR count). The second-order valence-electron chi connectivity index (χ2n) is 7.33. The Morgan fingerprint density at radius 3 is 2.88 bits per heavy atom. The van der Waals surface area contributed by atoms with E-state index in [2.05, 4.69) is 40.3 Å². The molecule has 1 fully saturated rings. The number of piperidine rings is 1. The van der Waals surface area contributed by atoms with E-state index in [1.165, 1.54) is 12.1 Å². The number of aromatic amines is 1. The van der Waals surface area contributed by atoms with Gasteiger partial charge in [0.1, 0.15) is 0 Å². The summed E-state index contributed by atoms with van der Waals surface area (Å²) in [6.45, 7) is 7.12. The first-order valence-corrected chi connectivity index (χ1v) is 8.96. The number of nitrogens with zero attached hydrogens (tertiary/aromatic N) is 2. The lowest BCUT2D eigenvalue weighted by Gasteiger charge is -2.33. The molecular weight excluding hydrogens is 322 g/mol. The maximum Gasteiger partial charge on any atom is 0.160 e. The monoisotopic (exact) mass is 348 g/mol. The number of H-pyrrole nitrogens is 1. The van der Waals surface area contributed by atoms with E-state index < -0.39 is 11.6 Å². The van der Waals surface area contributed by atoms with Crippen LogP contribution in [0.15, 0.2) is 24.3 Å². The molecule has 4 nitrogen and oxygen atoms in total. The average molecular weight is 348 g/mol. The molecule has 0 saturated carbocycles. The molecule has 0 aliphatic carbocycles. The van der Waals surface area contributed by atoms with Crippen molar-refractivity contribution in [2.75, 3.05) is 18.4 Å². The van der Waals surface area contributed by atoms with Crippen LogP contribution < -0.4 is 5.32 Å². The van der Waals surface area contributed by atoms with Crippen molar-refractivity contribution < 1.29 is 8.78 Å². The van der Waals surface area contributed by atoms with Crippen molar-refractivity contribution >= 4 is 5.69 Å². The summed E-state index contributed by atoms with van der Waals surface area (Å²) in [4.78, 5) is 2.37. The molecule has 1 saturated heterocycles. The average Bonchev–Trinajstić information content (AvgIpc) is 2.97. The van der Waals surface area contributed by atoms with Crippen molar-refractivity contribution in [2.45, 2.75) is 45.7 Å². The Labute approximate surface area is 147 Å². The van der Waals surface area contributed by atoms with Crippen LogP contribution in [0.3, 0.4) is 0 Å². The van der Waals surface area contributed by atoms with Crippen molar-refractivity contribution in [1.82, 2.24) is 15.1 Å². The Kier molecular flexibility index (Phi) is 5.68. The van der Waals surface area contributed by atoms with E-state index >= 15 is 0 Å². The highest BCUT2D eigenvalue weighted by atomic mass is 19.2. The summed E-state index contributed by atoms with van der Waals surface area (Å²) in [6.07, 6.45) is 3.09. The largest absolute Gasteiger partial charge is 0.381 e. The molecule has 0 bridgehead atoms. The number of aromatic nitrogens is 2. The van der Waals surface area contributed by atoms with Gasteiger partial charge in [-0.2, -0.15) is 5.10 Å². The lowest BCUT2D eigenvalue weighted by Crippen LogP contribution is -2.41. The molecule has 6 heteroatoms. The number of anilines is 1. The van der Waals surface area contributed by atoms with Gasteiger partial charge >= 0.3 is 0 Å². The second-order valence-corrected chi connectivity index (χ2v) is 7.33. The summed E-state index contributed by atoms with van der Waals surface area (Å²) in [5, 5.41) is 10.8. The molecule has 1 aliphatic rings. The fraction of sp³-hybridized carbons (Fsp3) is 0.526. The predicted octanol–water partition coefficient (Wildman–Crippen LogP) is 3.96. The van der Waals surface area contributed by atoms with Gasteiger partial charge < -0.3 is 5.32 Å². The van der Waals surface area contributed by atoms with Crippen molar-refractivity contribution in [1.29, 1.82) is 0 Å². The third-order valence-electron chi connectivity index (χ3n) is 4.49. The second kappa shape index (κ2) is 7.95. The summed E-state index contributed by atoms with van der Waals surface area (Å²) in [5.41, 5.74) is 2.87. The van der Waals surface area contributed by atoms with E-state index in [-0.39, 0.29) is 6.04 Å². The lowest BCUT2D eigenvalue weighted by atomic mass is 10.0. The number of nitrogens with one attached hydrogen (secondary N) is 2. The van der Waals surface area contributed by atoms with Gasteiger partial charge in [0.2, 0.25) is 0 Å². The normalized spacial score (nSPS) is 18.7. The topological polar surface area (TPSA) is 44.0 Å². The van der Waals surface area contributed by atoms with Gasteiger partial charge in [-0.3, -0.25) is 10.00 Å². The Morgan fingerprint density at radius 1 is 1.28 bits per heavy atom.